The van der Waals surface area contributed by atoms with Crippen LogP contribution in [0.2, 0.25) is 0 Å². The molecule has 0 aliphatic carbocycles. The molecule has 1 N–H and O–H groups in total. The molecule has 0 amide bonds. The summed E-state index contributed by atoms with van der Waals surface area (Å²) in [6, 6.07) is 5.45. The van der Waals surface area contributed by atoms with Gasteiger partial charge in [0.15, 0.2) is 5.65 Å². The van der Waals surface area contributed by atoms with Gasteiger partial charge >= 0.3 is 5.69 Å². The van der Waals surface area contributed by atoms with Crippen molar-refractivity contribution in [2.45, 2.75) is 6.54 Å². The molecule has 0 radical (unpaired) electrons. The third-order valence-corrected chi connectivity index (χ3v) is 2.92. The van der Waals surface area contributed by atoms with E-state index in [-0.39, 0.29) is 12.3 Å². The van der Waals surface area contributed by atoms with Gasteiger partial charge in [-0.1, -0.05) is 12.1 Å². The van der Waals surface area contributed by atoms with Gasteiger partial charge in [-0.05, 0) is 12.1 Å². The van der Waals surface area contributed by atoms with E-state index >= 15 is 0 Å². The van der Waals surface area contributed by atoms with Crippen molar-refractivity contribution in [1.29, 1.82) is 0 Å². The molecule has 102 valence electrons. The van der Waals surface area contributed by atoms with E-state index in [2.05, 4.69) is 11.7 Å². The molecule has 0 saturated carbocycles. The van der Waals surface area contributed by atoms with Crippen LogP contribution in [0, 0.1) is 0 Å². The van der Waals surface area contributed by atoms with Crippen LogP contribution in [0.3, 0.4) is 0 Å². The summed E-state index contributed by atoms with van der Waals surface area (Å²) < 4.78 is 2.96. The molecule has 2 heterocycles. The molecule has 0 aromatic carbocycles. The van der Waals surface area contributed by atoms with Gasteiger partial charge in [-0.25, -0.2) is 9.48 Å². The number of fused-ring (bicyclic) bond motifs is 1. The fraction of sp³-hybridized carbons (Fsp3) is 0.385. The summed E-state index contributed by atoms with van der Waals surface area (Å²) >= 11 is 0. The summed E-state index contributed by atoms with van der Waals surface area (Å²) in [5.41, 5.74) is 0.503. The van der Waals surface area contributed by atoms with E-state index in [0.29, 0.717) is 31.8 Å². The molecular formula is C13H18N4O2. The van der Waals surface area contributed by atoms with Crippen molar-refractivity contribution in [3.8, 4) is 0 Å². The Morgan fingerprint density at radius 2 is 2.26 bits per heavy atom. The molecule has 0 aliphatic rings. The van der Waals surface area contributed by atoms with Gasteiger partial charge in [-0.2, -0.15) is 0 Å². The number of hydrogen-bond donors (Lipinski definition) is 1. The molecule has 0 bridgehead atoms. The van der Waals surface area contributed by atoms with E-state index in [1.165, 1.54) is 9.08 Å². The highest BCUT2D eigenvalue weighted by molar-refractivity contribution is 5.35. The van der Waals surface area contributed by atoms with Gasteiger partial charge in [0, 0.05) is 25.8 Å². The first kappa shape index (κ1) is 13.5. The normalized spacial score (nSPS) is 11.3. The van der Waals surface area contributed by atoms with Gasteiger partial charge in [-0.3, -0.25) is 9.30 Å². The second-order valence-electron chi connectivity index (χ2n) is 4.25. The number of hydrogen-bond acceptors (Lipinski definition) is 4. The van der Waals surface area contributed by atoms with E-state index in [4.69, 9.17) is 5.11 Å². The molecule has 0 atom stereocenters. The van der Waals surface area contributed by atoms with Gasteiger partial charge in [0.25, 0.3) is 0 Å². The summed E-state index contributed by atoms with van der Waals surface area (Å²) in [6.07, 6.45) is 3.48. The average Bonchev–Trinajstić information content (AvgIpc) is 2.74. The molecule has 6 heteroatoms. The Morgan fingerprint density at radius 3 is 2.95 bits per heavy atom. The first-order chi connectivity index (χ1) is 9.26. The lowest BCUT2D eigenvalue weighted by molar-refractivity contribution is 0.201. The highest BCUT2D eigenvalue weighted by Gasteiger charge is 2.08. The zero-order valence-electron chi connectivity index (χ0n) is 10.8. The number of rotatable bonds is 7. The largest absolute Gasteiger partial charge is 0.395 e. The first-order valence-electron chi connectivity index (χ1n) is 6.24. The van der Waals surface area contributed by atoms with Crippen molar-refractivity contribution >= 4 is 5.65 Å². The maximum absolute atomic E-state index is 12.0. The summed E-state index contributed by atoms with van der Waals surface area (Å²) in [5, 5.41) is 13.2. The minimum absolute atomic E-state index is 0.0912. The Balaban J connectivity index is 2.10. The Morgan fingerprint density at radius 1 is 1.42 bits per heavy atom. The van der Waals surface area contributed by atoms with Crippen molar-refractivity contribution in [1.82, 2.24) is 19.1 Å². The van der Waals surface area contributed by atoms with Crippen LogP contribution in [-0.4, -0.2) is 50.4 Å². The van der Waals surface area contributed by atoms with E-state index in [0.717, 1.165) is 0 Å². The quantitative estimate of drug-likeness (QED) is 0.712. The minimum atomic E-state index is -0.141. The number of aliphatic hydroxyl groups is 1. The van der Waals surface area contributed by atoms with Crippen molar-refractivity contribution in [3.63, 3.8) is 0 Å². The predicted molar refractivity (Wildman–Crippen MR) is 73.2 cm³/mol. The van der Waals surface area contributed by atoms with Crippen LogP contribution in [-0.2, 0) is 6.54 Å². The lowest BCUT2D eigenvalue weighted by Crippen LogP contribution is -2.33. The van der Waals surface area contributed by atoms with E-state index in [9.17, 15) is 4.79 Å². The molecule has 0 aliphatic heterocycles. The summed E-state index contributed by atoms with van der Waals surface area (Å²) in [7, 11) is 0. The minimum Gasteiger partial charge on any atom is -0.395 e. The number of aromatic nitrogens is 3. The van der Waals surface area contributed by atoms with Gasteiger partial charge in [-0.15, -0.1) is 11.7 Å². The van der Waals surface area contributed by atoms with Gasteiger partial charge < -0.3 is 5.11 Å². The highest BCUT2D eigenvalue weighted by Crippen LogP contribution is 1.96. The number of aliphatic hydroxyl groups excluding tert-OH is 1. The predicted octanol–water partition coefficient (Wildman–Crippen LogP) is -0.0237. The van der Waals surface area contributed by atoms with Crippen LogP contribution in [0.5, 0.6) is 0 Å². The standard InChI is InChI=1S/C13H18N4O2/c1-2-6-15(10-11-18)8-9-17-13(19)16-7-4-3-5-12(16)14-17/h2-5,7,18H,1,6,8-11H2. The molecule has 2 rings (SSSR count). The average molecular weight is 262 g/mol. The Hall–Kier alpha value is -1.92. The zero-order valence-corrected chi connectivity index (χ0v) is 10.8. The second kappa shape index (κ2) is 6.31. The fourth-order valence-electron chi connectivity index (χ4n) is 1.97. The molecule has 0 fully saturated rings. The highest BCUT2D eigenvalue weighted by atomic mass is 16.3. The summed E-state index contributed by atoms with van der Waals surface area (Å²) in [6.45, 7) is 6.16. The number of pyridine rings is 1. The monoisotopic (exact) mass is 262 g/mol. The Bertz CT molecular complexity index is 602. The lowest BCUT2D eigenvalue weighted by Gasteiger charge is -2.18. The molecular weight excluding hydrogens is 244 g/mol. The van der Waals surface area contributed by atoms with E-state index in [1.54, 1.807) is 24.4 Å². The third-order valence-electron chi connectivity index (χ3n) is 2.92. The fourth-order valence-corrected chi connectivity index (χ4v) is 1.97. The SMILES string of the molecule is C=CCN(CCO)CCn1nc2ccccn2c1=O. The summed E-state index contributed by atoms with van der Waals surface area (Å²) in [5.74, 6) is 0. The van der Waals surface area contributed by atoms with Crippen molar-refractivity contribution in [2.75, 3.05) is 26.2 Å². The van der Waals surface area contributed by atoms with Gasteiger partial charge in [0.05, 0.1) is 13.2 Å². The van der Waals surface area contributed by atoms with E-state index in [1.807, 2.05) is 11.0 Å². The Labute approximate surface area is 111 Å². The van der Waals surface area contributed by atoms with Crippen LogP contribution in [0.15, 0.2) is 41.8 Å². The second-order valence-corrected chi connectivity index (χ2v) is 4.25. The van der Waals surface area contributed by atoms with Crippen LogP contribution in [0.4, 0.5) is 0 Å². The maximum atomic E-state index is 12.0. The molecule has 0 saturated heterocycles. The van der Waals surface area contributed by atoms with Gasteiger partial charge in [0.2, 0.25) is 0 Å². The third kappa shape index (κ3) is 3.10. The smallest absolute Gasteiger partial charge is 0.350 e. The lowest BCUT2D eigenvalue weighted by atomic mass is 10.4. The molecule has 6 nitrogen and oxygen atoms in total. The molecule has 2 aromatic heterocycles. The van der Waals surface area contributed by atoms with E-state index < -0.39 is 0 Å². The van der Waals surface area contributed by atoms with Crippen molar-refractivity contribution in [3.05, 3.63) is 47.5 Å². The molecule has 19 heavy (non-hydrogen) atoms. The number of nitrogens with zero attached hydrogens (tertiary/aromatic N) is 4. The van der Waals surface area contributed by atoms with Crippen LogP contribution in [0.25, 0.3) is 5.65 Å². The maximum Gasteiger partial charge on any atom is 0.350 e. The molecule has 0 spiro atoms. The van der Waals surface area contributed by atoms with Crippen molar-refractivity contribution < 1.29 is 5.11 Å². The Kier molecular flexibility index (Phi) is 4.48. The molecule has 2 aromatic rings. The van der Waals surface area contributed by atoms with Gasteiger partial charge in [0.1, 0.15) is 0 Å². The topological polar surface area (TPSA) is 62.8 Å². The zero-order chi connectivity index (χ0) is 13.7. The first-order valence-corrected chi connectivity index (χ1v) is 6.24. The van der Waals surface area contributed by atoms with Crippen LogP contribution >= 0.6 is 0 Å². The van der Waals surface area contributed by atoms with Crippen molar-refractivity contribution in [2.24, 2.45) is 0 Å². The molecule has 0 unspecified atom stereocenters. The summed E-state index contributed by atoms with van der Waals surface area (Å²) in [4.78, 5) is 14.0. The van der Waals surface area contributed by atoms with Crippen LogP contribution in [0.1, 0.15) is 0 Å². The van der Waals surface area contributed by atoms with Crippen LogP contribution < -0.4 is 5.69 Å².